The molecule has 5 nitrogen and oxygen atoms in total. The number of aliphatic hydroxyl groups is 1. The van der Waals surface area contributed by atoms with Crippen molar-refractivity contribution in [2.24, 2.45) is 0 Å². The third-order valence-electron chi connectivity index (χ3n) is 2.28. The molecule has 1 rings (SSSR count). The third kappa shape index (κ3) is 5.14. The molecular formula is C13H16F3NO4. The van der Waals surface area contributed by atoms with Gasteiger partial charge in [0.05, 0.1) is 0 Å². The van der Waals surface area contributed by atoms with Gasteiger partial charge in [-0.15, -0.1) is 0 Å². The number of carbonyl (C=O) groups is 1. The highest BCUT2D eigenvalue weighted by molar-refractivity contribution is 5.85. The summed E-state index contributed by atoms with van der Waals surface area (Å²) in [6, 6.07) is 2.96. The van der Waals surface area contributed by atoms with Crippen molar-refractivity contribution in [1.29, 1.82) is 0 Å². The first-order valence-corrected chi connectivity index (χ1v) is 5.98. The number of ether oxygens (including phenoxy) is 1. The van der Waals surface area contributed by atoms with Crippen LogP contribution in [-0.4, -0.2) is 28.1 Å². The van der Waals surface area contributed by atoms with Crippen LogP contribution in [0.2, 0.25) is 0 Å². The number of halogens is 3. The van der Waals surface area contributed by atoms with Crippen LogP contribution in [0.1, 0.15) is 32.4 Å². The number of amides is 1. The van der Waals surface area contributed by atoms with E-state index in [0.717, 1.165) is 12.1 Å². The van der Waals surface area contributed by atoms with Gasteiger partial charge in [-0.05, 0) is 39.0 Å². The van der Waals surface area contributed by atoms with Gasteiger partial charge in [0.25, 0.3) is 0 Å². The zero-order valence-electron chi connectivity index (χ0n) is 11.7. The van der Waals surface area contributed by atoms with Crippen LogP contribution in [-0.2, 0) is 4.74 Å². The Morgan fingerprint density at radius 3 is 2.33 bits per heavy atom. The molecule has 1 amide bonds. The summed E-state index contributed by atoms with van der Waals surface area (Å²) in [6.07, 6.45) is -8.64. The van der Waals surface area contributed by atoms with Gasteiger partial charge in [0.2, 0.25) is 0 Å². The maximum absolute atomic E-state index is 12.5. The average Bonchev–Trinajstić information content (AvgIpc) is 2.27. The molecule has 8 heteroatoms. The van der Waals surface area contributed by atoms with Crippen molar-refractivity contribution in [3.05, 3.63) is 23.8 Å². The summed E-state index contributed by atoms with van der Waals surface area (Å²) in [5, 5.41) is 20.8. The number of nitrogens with one attached hydrogen (secondary N) is 1. The van der Waals surface area contributed by atoms with Gasteiger partial charge in [-0.2, -0.15) is 13.2 Å². The highest BCUT2D eigenvalue weighted by atomic mass is 19.4. The summed E-state index contributed by atoms with van der Waals surface area (Å²) in [5.41, 5.74) is -1.56. The third-order valence-corrected chi connectivity index (χ3v) is 2.28. The monoisotopic (exact) mass is 307 g/mol. The minimum atomic E-state index is -4.93. The number of alkyl halides is 3. The molecule has 0 radical (unpaired) electrons. The number of aromatic hydroxyl groups is 1. The van der Waals surface area contributed by atoms with Gasteiger partial charge in [0.15, 0.2) is 6.10 Å². The maximum atomic E-state index is 12.5. The van der Waals surface area contributed by atoms with Crippen LogP contribution >= 0.6 is 0 Å². The lowest BCUT2D eigenvalue weighted by molar-refractivity contribution is -0.207. The first-order valence-electron chi connectivity index (χ1n) is 5.98. The van der Waals surface area contributed by atoms with Crippen LogP contribution in [0.25, 0.3) is 0 Å². The molecule has 1 aromatic rings. The zero-order valence-corrected chi connectivity index (χ0v) is 11.7. The Morgan fingerprint density at radius 1 is 1.29 bits per heavy atom. The molecule has 0 unspecified atom stereocenters. The number of phenolic OH excluding ortho intramolecular Hbond substituents is 1. The molecule has 0 fully saturated rings. The van der Waals surface area contributed by atoms with Crippen LogP contribution in [0.5, 0.6) is 5.75 Å². The van der Waals surface area contributed by atoms with Gasteiger partial charge in [-0.1, -0.05) is 0 Å². The van der Waals surface area contributed by atoms with E-state index in [9.17, 15) is 23.1 Å². The number of hydrogen-bond donors (Lipinski definition) is 3. The molecule has 3 N–H and O–H groups in total. The predicted octanol–water partition coefficient (Wildman–Crippen LogP) is 3.33. The van der Waals surface area contributed by atoms with Gasteiger partial charge in [0.1, 0.15) is 11.4 Å². The van der Waals surface area contributed by atoms with E-state index >= 15 is 0 Å². The second-order valence-corrected chi connectivity index (χ2v) is 5.34. The van der Waals surface area contributed by atoms with Gasteiger partial charge in [-0.3, -0.25) is 5.32 Å². The summed E-state index contributed by atoms with van der Waals surface area (Å²) in [4.78, 5) is 11.5. The van der Waals surface area contributed by atoms with Crippen molar-refractivity contribution in [3.63, 3.8) is 0 Å². The molecule has 0 aromatic heterocycles. The molecule has 0 heterocycles. The predicted molar refractivity (Wildman–Crippen MR) is 69.0 cm³/mol. The van der Waals surface area contributed by atoms with Crippen molar-refractivity contribution in [2.75, 3.05) is 5.32 Å². The largest absolute Gasteiger partial charge is 0.508 e. The molecular weight excluding hydrogens is 291 g/mol. The number of rotatable bonds is 2. The van der Waals surface area contributed by atoms with Crippen LogP contribution in [0.3, 0.4) is 0 Å². The zero-order chi connectivity index (χ0) is 16.4. The first kappa shape index (κ1) is 17.1. The van der Waals surface area contributed by atoms with E-state index in [0.29, 0.717) is 0 Å². The van der Waals surface area contributed by atoms with E-state index in [1.54, 1.807) is 20.8 Å². The Kier molecular flexibility index (Phi) is 4.72. The minimum absolute atomic E-state index is 0.0413. The van der Waals surface area contributed by atoms with Crippen molar-refractivity contribution < 1.29 is 32.9 Å². The number of anilines is 1. The average molecular weight is 307 g/mol. The Hall–Kier alpha value is -1.96. The Labute approximate surface area is 119 Å². The lowest BCUT2D eigenvalue weighted by Gasteiger charge is -2.20. The van der Waals surface area contributed by atoms with Gasteiger partial charge >= 0.3 is 12.3 Å². The molecule has 0 bridgehead atoms. The van der Waals surface area contributed by atoms with Crippen LogP contribution < -0.4 is 5.32 Å². The number of carbonyl (C=O) groups excluding carboxylic acids is 1. The van der Waals surface area contributed by atoms with E-state index in [1.165, 1.54) is 6.07 Å². The topological polar surface area (TPSA) is 78.8 Å². The highest BCUT2D eigenvalue weighted by Crippen LogP contribution is 2.37. The van der Waals surface area contributed by atoms with Crippen LogP contribution in [0, 0.1) is 0 Å². The van der Waals surface area contributed by atoms with E-state index in [1.807, 2.05) is 0 Å². The smallest absolute Gasteiger partial charge is 0.418 e. The number of hydrogen-bond acceptors (Lipinski definition) is 4. The Bertz CT molecular complexity index is 523. The van der Waals surface area contributed by atoms with Crippen molar-refractivity contribution >= 4 is 11.8 Å². The fourth-order valence-electron chi connectivity index (χ4n) is 1.45. The molecule has 0 saturated carbocycles. The molecule has 1 aromatic carbocycles. The van der Waals surface area contributed by atoms with Crippen LogP contribution in [0.4, 0.5) is 23.7 Å². The summed E-state index contributed by atoms with van der Waals surface area (Å²) in [7, 11) is 0. The van der Waals surface area contributed by atoms with E-state index in [-0.39, 0.29) is 5.69 Å². The number of aliphatic hydroxyl groups excluding tert-OH is 1. The molecule has 0 saturated heterocycles. The Morgan fingerprint density at radius 2 is 1.86 bits per heavy atom. The second-order valence-electron chi connectivity index (χ2n) is 5.34. The summed E-state index contributed by atoms with van der Waals surface area (Å²) in [6.45, 7) is 4.88. The van der Waals surface area contributed by atoms with Crippen molar-refractivity contribution in [1.82, 2.24) is 0 Å². The number of benzene rings is 1. The van der Waals surface area contributed by atoms with E-state index in [4.69, 9.17) is 9.84 Å². The summed E-state index contributed by atoms with van der Waals surface area (Å²) >= 11 is 0. The minimum Gasteiger partial charge on any atom is -0.508 e. The van der Waals surface area contributed by atoms with Crippen LogP contribution in [0.15, 0.2) is 18.2 Å². The highest BCUT2D eigenvalue weighted by Gasteiger charge is 2.40. The molecule has 118 valence electrons. The van der Waals surface area contributed by atoms with Gasteiger partial charge < -0.3 is 14.9 Å². The lowest BCUT2D eigenvalue weighted by Crippen LogP contribution is -2.27. The molecule has 0 aliphatic carbocycles. The van der Waals surface area contributed by atoms with Gasteiger partial charge in [-0.25, -0.2) is 4.79 Å². The van der Waals surface area contributed by atoms with E-state index < -0.39 is 35.3 Å². The standard InChI is InChI=1S/C13H16F3NO4/c1-12(2,3)21-11(20)17-7-4-5-9(18)8(6-7)10(19)13(14,15)16/h4-6,10,18-19H,1-3H3,(H,17,20)/t10-/m1/s1. The fourth-order valence-corrected chi connectivity index (χ4v) is 1.45. The number of phenols is 1. The van der Waals surface area contributed by atoms with E-state index in [2.05, 4.69) is 5.32 Å². The molecule has 0 spiro atoms. The summed E-state index contributed by atoms with van der Waals surface area (Å²) in [5.74, 6) is -0.727. The first-order chi connectivity index (χ1) is 9.40. The fraction of sp³-hybridized carbons (Fsp3) is 0.462. The quantitative estimate of drug-likeness (QED) is 0.732. The molecule has 1 atom stereocenters. The summed E-state index contributed by atoms with van der Waals surface area (Å²) < 4.78 is 42.3. The van der Waals surface area contributed by atoms with Crippen molar-refractivity contribution in [2.45, 2.75) is 38.7 Å². The van der Waals surface area contributed by atoms with Crippen molar-refractivity contribution in [3.8, 4) is 5.75 Å². The Balaban J connectivity index is 2.95. The normalized spacial score (nSPS) is 13.7. The second kappa shape index (κ2) is 5.80. The molecule has 0 aliphatic heterocycles. The molecule has 21 heavy (non-hydrogen) atoms. The molecule has 0 aliphatic rings. The lowest BCUT2D eigenvalue weighted by atomic mass is 10.1. The van der Waals surface area contributed by atoms with Gasteiger partial charge in [0, 0.05) is 11.3 Å². The maximum Gasteiger partial charge on any atom is 0.418 e. The SMILES string of the molecule is CC(C)(C)OC(=O)Nc1ccc(O)c([C@@H](O)C(F)(F)F)c1.